The number of halogens is 36. The average molecular weight is 996 g/mol. The van der Waals surface area contributed by atoms with Crippen molar-refractivity contribution in [3.05, 3.63) is 0 Å². The van der Waals surface area contributed by atoms with Gasteiger partial charge in [0.15, 0.2) is 0 Å². The lowest BCUT2D eigenvalue weighted by atomic mass is 10.2. The summed E-state index contributed by atoms with van der Waals surface area (Å²) in [5.41, 5.74) is 0. The van der Waals surface area contributed by atoms with Crippen molar-refractivity contribution >= 4 is 6.04 Å². The summed E-state index contributed by atoms with van der Waals surface area (Å²) in [7, 11) is 0. The molecule has 60 heavy (non-hydrogen) atoms. The molecular weight excluding hydrogens is 996 g/mol. The minimum Gasteiger partial charge on any atom is -0.263 e. The first-order valence-electron chi connectivity index (χ1n) is 12.0. The molecule has 0 N–H and O–H groups in total. The fraction of sp³-hybridized carbons (Fsp3) is 0.944. The molecule has 0 aromatic heterocycles. The molecule has 5 atom stereocenters. The van der Waals surface area contributed by atoms with E-state index in [-0.39, 0.29) is 0 Å². The molecule has 0 heterocycles. The SMILES string of the molecule is O=C(F)[C@](F)(OC(F)(F)[C@](F)(OC(F)(F)[C@](F)(OC(F)(F)[C@](F)(OC(F)(F)[C@](F)(OC(F)(F)C(F)(F)C(F)(F)F)C(F)(F)F)C(F)(F)F)C(F)(F)F)C(F)(F)F)C(F)(F)F. The zero-order valence-electron chi connectivity index (χ0n) is 25.1. The second-order valence-electron chi connectivity index (χ2n) is 9.91. The quantitative estimate of drug-likeness (QED) is 0.113. The molecule has 42 heteroatoms. The molecule has 360 valence electrons. The molecule has 0 saturated heterocycles. The molecule has 0 aromatic carbocycles. The summed E-state index contributed by atoms with van der Waals surface area (Å²) in [5, 5.41) is 0. The summed E-state index contributed by atoms with van der Waals surface area (Å²) in [6.07, 6.45) is -98.7. The third-order valence-electron chi connectivity index (χ3n) is 5.64. The van der Waals surface area contributed by atoms with E-state index >= 15 is 0 Å². The number of ether oxygens (including phenoxy) is 5. The van der Waals surface area contributed by atoms with Crippen LogP contribution in [-0.4, -0.2) is 109 Å². The van der Waals surface area contributed by atoms with Gasteiger partial charge >= 0.3 is 109 Å². The smallest absolute Gasteiger partial charge is 0.263 e. The van der Waals surface area contributed by atoms with Crippen molar-refractivity contribution in [3.8, 4) is 0 Å². The molecule has 0 radical (unpaired) electrons. The van der Waals surface area contributed by atoms with Crippen molar-refractivity contribution in [1.82, 2.24) is 0 Å². The highest BCUT2D eigenvalue weighted by Gasteiger charge is 2.91. The minimum atomic E-state index is -9.64. The van der Waals surface area contributed by atoms with Gasteiger partial charge in [0.05, 0.1) is 0 Å². The molecule has 0 spiro atoms. The first kappa shape index (κ1) is 57.0. The van der Waals surface area contributed by atoms with Gasteiger partial charge in [-0.3, -0.25) is 28.5 Å². The molecule has 0 unspecified atom stereocenters. The summed E-state index contributed by atoms with van der Waals surface area (Å²) in [4.78, 5) is 10.1. The highest BCUT2D eigenvalue weighted by Crippen LogP contribution is 2.62. The monoisotopic (exact) mass is 996 g/mol. The third-order valence-corrected chi connectivity index (χ3v) is 5.64. The van der Waals surface area contributed by atoms with Crippen molar-refractivity contribution in [2.24, 2.45) is 0 Å². The van der Waals surface area contributed by atoms with Gasteiger partial charge in [-0.05, 0) is 0 Å². The maximum Gasteiger partial charge on any atom is 0.462 e. The van der Waals surface area contributed by atoms with Gasteiger partial charge in [-0.1, -0.05) is 0 Å². The Labute approximate surface area is 297 Å². The van der Waals surface area contributed by atoms with Crippen LogP contribution >= 0.6 is 0 Å². The molecule has 0 aromatic rings. The topological polar surface area (TPSA) is 63.2 Å². The second-order valence-corrected chi connectivity index (χ2v) is 9.91. The lowest BCUT2D eigenvalue weighted by Gasteiger charge is -2.44. The molecule has 6 nitrogen and oxygen atoms in total. The van der Waals surface area contributed by atoms with E-state index in [0.717, 1.165) is 14.2 Å². The lowest BCUT2D eigenvalue weighted by molar-refractivity contribution is -0.600. The van der Waals surface area contributed by atoms with Crippen LogP contribution in [-0.2, 0) is 28.5 Å². The lowest BCUT2D eigenvalue weighted by Crippen LogP contribution is -2.73. The van der Waals surface area contributed by atoms with E-state index in [1.807, 2.05) is 0 Å². The predicted molar refractivity (Wildman–Crippen MR) is 96.7 cm³/mol. The number of carbonyl (C=O) groups is 1. The fourth-order valence-corrected chi connectivity index (χ4v) is 2.71. The van der Waals surface area contributed by atoms with Gasteiger partial charge < -0.3 is 0 Å². The normalized spacial score (nSPS) is 20.7. The Balaban J connectivity index is 8.02. The van der Waals surface area contributed by atoms with Crippen molar-refractivity contribution in [2.75, 3.05) is 0 Å². The summed E-state index contributed by atoms with van der Waals surface area (Å²) in [5.74, 6) is -54.2. The van der Waals surface area contributed by atoms with Gasteiger partial charge in [-0.2, -0.15) is 158 Å². The third kappa shape index (κ3) is 9.19. The molecule has 0 fully saturated rings. The van der Waals surface area contributed by atoms with Crippen LogP contribution in [0.3, 0.4) is 0 Å². The number of hydrogen-bond donors (Lipinski definition) is 0. The zero-order valence-corrected chi connectivity index (χ0v) is 25.1. The van der Waals surface area contributed by atoms with E-state index in [1.54, 1.807) is 0 Å². The average Bonchev–Trinajstić information content (AvgIpc) is 2.91. The number of rotatable bonds is 16. The Bertz CT molecular complexity index is 1530. The van der Waals surface area contributed by atoms with E-state index in [2.05, 4.69) is 0 Å². The zero-order chi connectivity index (χ0) is 49.6. The molecular formula is C18F36O6. The van der Waals surface area contributed by atoms with Gasteiger partial charge in [-0.25, -0.2) is 0 Å². The van der Waals surface area contributed by atoms with E-state index in [1.165, 1.54) is 0 Å². The van der Waals surface area contributed by atoms with Crippen LogP contribution in [0.4, 0.5) is 158 Å². The standard InChI is InChI=1S/C18F36O6/c19-1(55)2(20,8(27,28)29)56-15(47,48)4(23,10(33,34)35)58-17(51,52)6(25,12(39,40)41)60-18(53,54)7(26,13(42,43)44)59-16(49,50)5(24,11(36,37)38)57-14(45,46)3(21,22)9(30,31)32/t2-,4+,5+,6+,7+/m0/s1. The van der Waals surface area contributed by atoms with Crippen LogP contribution in [0, 0.1) is 0 Å². The van der Waals surface area contributed by atoms with Gasteiger partial charge in [0.2, 0.25) is 0 Å². The molecule has 0 aliphatic carbocycles. The largest absolute Gasteiger partial charge is 0.462 e. The van der Waals surface area contributed by atoms with E-state index in [4.69, 9.17) is 0 Å². The van der Waals surface area contributed by atoms with E-state index in [0.29, 0.717) is 9.47 Å². The Morgan fingerprint density at radius 2 is 0.433 bits per heavy atom. The summed E-state index contributed by atoms with van der Waals surface area (Å²) in [6, 6.07) is -5.29. The van der Waals surface area contributed by atoms with Gasteiger partial charge in [-0.15, -0.1) is 0 Å². The van der Waals surface area contributed by atoms with Crippen molar-refractivity contribution in [2.45, 2.75) is 103 Å². The van der Waals surface area contributed by atoms with E-state index < -0.39 is 109 Å². The summed E-state index contributed by atoms with van der Waals surface area (Å²) < 4.78 is 483. The fourth-order valence-electron chi connectivity index (χ4n) is 2.71. The Kier molecular flexibility index (Phi) is 14.0. The van der Waals surface area contributed by atoms with Crippen LogP contribution in [0.25, 0.3) is 0 Å². The number of hydrogen-bond acceptors (Lipinski definition) is 6. The van der Waals surface area contributed by atoms with Crippen LogP contribution in [0.15, 0.2) is 0 Å². The van der Waals surface area contributed by atoms with Crippen LogP contribution in [0.1, 0.15) is 0 Å². The number of carbonyl (C=O) groups excluding carboxylic acids is 1. The van der Waals surface area contributed by atoms with Crippen molar-refractivity contribution in [3.63, 3.8) is 0 Å². The van der Waals surface area contributed by atoms with Gasteiger partial charge in [0.1, 0.15) is 0 Å². The van der Waals surface area contributed by atoms with Gasteiger partial charge in [0.25, 0.3) is 0 Å². The molecule has 0 rings (SSSR count). The molecule has 0 saturated carbocycles. The van der Waals surface area contributed by atoms with E-state index in [9.17, 15) is 163 Å². The Hall–Kier alpha value is -3.05. The highest BCUT2D eigenvalue weighted by molar-refractivity contribution is 5.77. The Morgan fingerprint density at radius 3 is 0.583 bits per heavy atom. The molecule has 0 bridgehead atoms. The first-order chi connectivity index (χ1) is 25.2. The first-order valence-corrected chi connectivity index (χ1v) is 12.0. The maximum absolute atomic E-state index is 14.5. The number of alkyl halides is 35. The predicted octanol–water partition coefficient (Wildman–Crippen LogP) is 10.9. The minimum absolute atomic E-state index is 0.652. The van der Waals surface area contributed by atoms with Gasteiger partial charge in [0, 0.05) is 0 Å². The summed E-state index contributed by atoms with van der Waals surface area (Å²) >= 11 is 0. The van der Waals surface area contributed by atoms with Crippen LogP contribution in [0.2, 0.25) is 0 Å². The molecule has 0 aliphatic rings. The summed E-state index contributed by atoms with van der Waals surface area (Å²) in [6.45, 7) is 0. The van der Waals surface area contributed by atoms with Crippen LogP contribution in [0.5, 0.6) is 0 Å². The van der Waals surface area contributed by atoms with Crippen molar-refractivity contribution in [1.29, 1.82) is 0 Å². The Morgan fingerprint density at radius 1 is 0.250 bits per heavy atom. The van der Waals surface area contributed by atoms with Crippen molar-refractivity contribution < 1.29 is 187 Å². The second kappa shape index (κ2) is 14.8. The molecule has 0 aliphatic heterocycles. The molecule has 0 amide bonds. The van der Waals surface area contributed by atoms with Crippen LogP contribution < -0.4 is 0 Å². The highest BCUT2D eigenvalue weighted by atomic mass is 19.5. The maximum atomic E-state index is 14.5.